The Morgan fingerprint density at radius 2 is 1.26 bits per heavy atom. The number of hydrogen-bond acceptors (Lipinski definition) is 3. The van der Waals surface area contributed by atoms with Crippen LogP contribution in [0.2, 0.25) is 33.2 Å². The maximum atomic E-state index is 7.29. The first-order valence-electron chi connectivity index (χ1n) is 14.5. The molecule has 0 aromatic carbocycles. The van der Waals surface area contributed by atoms with Crippen LogP contribution in [0.3, 0.4) is 0 Å². The third-order valence-electron chi connectivity index (χ3n) is 8.65. The normalized spacial score (nSPS) is 21.1. The lowest BCUT2D eigenvalue weighted by molar-refractivity contribution is -0.0458. The molecule has 0 amide bonds. The lowest BCUT2D eigenvalue weighted by Gasteiger charge is -2.47. The summed E-state index contributed by atoms with van der Waals surface area (Å²) in [6, 6.07) is 0. The summed E-state index contributed by atoms with van der Waals surface area (Å²) in [4.78, 5) is 0. The molecule has 0 aliphatic carbocycles. The molecule has 1 aliphatic rings. The van der Waals surface area contributed by atoms with Crippen LogP contribution in [0.15, 0.2) is 24.3 Å². The number of ether oxygens (including phenoxy) is 1. The highest BCUT2D eigenvalue weighted by Crippen LogP contribution is 2.45. The molecule has 0 fully saturated rings. The van der Waals surface area contributed by atoms with Crippen molar-refractivity contribution < 1.29 is 13.6 Å². The molecule has 1 rings (SSSR count). The van der Waals surface area contributed by atoms with Gasteiger partial charge in [-0.2, -0.15) is 0 Å². The van der Waals surface area contributed by atoms with Crippen LogP contribution in [0.5, 0.6) is 0 Å². The SMILES string of the molecule is CC(C)[Si](OCC/C=C\C[C@@H](O[Si](C(C)C)(C(C)C)C(C)C)[C@@H]1OCC=C[C@H]1C)(C(C)C)C(C)C. The first-order valence-corrected chi connectivity index (χ1v) is 18.8. The molecule has 0 saturated heterocycles. The van der Waals surface area contributed by atoms with E-state index >= 15 is 0 Å². The molecule has 0 aromatic heterocycles. The first-order chi connectivity index (χ1) is 16.2. The van der Waals surface area contributed by atoms with E-state index in [0.717, 1.165) is 19.4 Å². The van der Waals surface area contributed by atoms with E-state index in [1.54, 1.807) is 0 Å². The minimum atomic E-state index is -2.00. The molecule has 5 heteroatoms. The lowest BCUT2D eigenvalue weighted by Crippen LogP contribution is -2.53. The summed E-state index contributed by atoms with van der Waals surface area (Å²) in [6.45, 7) is 32.2. The molecule has 0 saturated carbocycles. The summed E-state index contributed by atoms with van der Waals surface area (Å²) in [5.41, 5.74) is 3.59. The molecule has 206 valence electrons. The third-order valence-corrected chi connectivity index (χ3v) is 20.9. The fourth-order valence-corrected chi connectivity index (χ4v) is 18.3. The summed E-state index contributed by atoms with van der Waals surface area (Å²) in [7, 11) is -3.80. The average Bonchev–Trinajstić information content (AvgIpc) is 2.74. The monoisotopic (exact) mass is 524 g/mol. The van der Waals surface area contributed by atoms with Gasteiger partial charge in [-0.05, 0) is 46.1 Å². The van der Waals surface area contributed by atoms with Crippen LogP contribution in [-0.4, -0.2) is 42.1 Å². The Balaban J connectivity index is 2.99. The molecule has 0 bridgehead atoms. The molecule has 1 aliphatic heterocycles. The van der Waals surface area contributed by atoms with Crippen LogP contribution in [0.4, 0.5) is 0 Å². The Hall–Kier alpha value is -0.206. The second kappa shape index (κ2) is 14.7. The predicted octanol–water partition coefficient (Wildman–Crippen LogP) is 9.67. The van der Waals surface area contributed by atoms with Crippen LogP contribution < -0.4 is 0 Å². The molecule has 0 radical (unpaired) electrons. The van der Waals surface area contributed by atoms with Gasteiger partial charge < -0.3 is 13.6 Å². The van der Waals surface area contributed by atoms with Crippen LogP contribution in [-0.2, 0) is 13.6 Å². The van der Waals surface area contributed by atoms with E-state index in [0.29, 0.717) is 45.8 Å². The minimum Gasteiger partial charge on any atom is -0.416 e. The van der Waals surface area contributed by atoms with Crippen molar-refractivity contribution in [3.63, 3.8) is 0 Å². The Kier molecular flexibility index (Phi) is 13.7. The van der Waals surface area contributed by atoms with Crippen LogP contribution in [0.1, 0.15) is 103 Å². The quantitative estimate of drug-likeness (QED) is 0.121. The molecule has 0 spiro atoms. The van der Waals surface area contributed by atoms with Crippen molar-refractivity contribution in [1.29, 1.82) is 0 Å². The van der Waals surface area contributed by atoms with Crippen molar-refractivity contribution in [2.45, 2.75) is 148 Å². The number of rotatable bonds is 15. The lowest BCUT2D eigenvalue weighted by atomic mass is 9.95. The van der Waals surface area contributed by atoms with Crippen molar-refractivity contribution in [1.82, 2.24) is 0 Å². The van der Waals surface area contributed by atoms with E-state index in [4.69, 9.17) is 13.6 Å². The maximum absolute atomic E-state index is 7.29. The largest absolute Gasteiger partial charge is 0.416 e. The van der Waals surface area contributed by atoms with Gasteiger partial charge in [0.2, 0.25) is 8.32 Å². The van der Waals surface area contributed by atoms with Gasteiger partial charge in [0.15, 0.2) is 8.32 Å². The molecule has 0 aromatic rings. The van der Waals surface area contributed by atoms with Gasteiger partial charge in [-0.15, -0.1) is 0 Å². The highest BCUT2D eigenvalue weighted by molar-refractivity contribution is 6.78. The molecule has 1 heterocycles. The topological polar surface area (TPSA) is 27.7 Å². The van der Waals surface area contributed by atoms with Crippen molar-refractivity contribution >= 4 is 16.6 Å². The average molecular weight is 525 g/mol. The fourth-order valence-electron chi connectivity index (χ4n) is 7.22. The van der Waals surface area contributed by atoms with Gasteiger partial charge in [-0.1, -0.05) is 114 Å². The van der Waals surface area contributed by atoms with E-state index in [-0.39, 0.29) is 12.2 Å². The van der Waals surface area contributed by atoms with Crippen LogP contribution in [0.25, 0.3) is 0 Å². The smallest absolute Gasteiger partial charge is 0.200 e. The van der Waals surface area contributed by atoms with Gasteiger partial charge in [-0.3, -0.25) is 0 Å². The second-order valence-corrected chi connectivity index (χ2v) is 23.6. The third kappa shape index (κ3) is 7.89. The Bertz CT molecular complexity index is 608. The highest BCUT2D eigenvalue weighted by Gasteiger charge is 2.48. The molecular weight excluding hydrogens is 464 g/mol. The number of hydrogen-bond donors (Lipinski definition) is 0. The van der Waals surface area contributed by atoms with Crippen LogP contribution in [0, 0.1) is 5.92 Å². The molecule has 3 nitrogen and oxygen atoms in total. The zero-order chi connectivity index (χ0) is 27.0. The highest BCUT2D eigenvalue weighted by atomic mass is 28.4. The van der Waals surface area contributed by atoms with Gasteiger partial charge >= 0.3 is 0 Å². The van der Waals surface area contributed by atoms with Gasteiger partial charge in [0.25, 0.3) is 0 Å². The predicted molar refractivity (Wildman–Crippen MR) is 159 cm³/mol. The van der Waals surface area contributed by atoms with Gasteiger partial charge in [-0.25, -0.2) is 0 Å². The van der Waals surface area contributed by atoms with Gasteiger partial charge in [0.05, 0.1) is 18.8 Å². The zero-order valence-electron chi connectivity index (χ0n) is 25.6. The minimum absolute atomic E-state index is 0.0986. The standard InChI is InChI=1S/C30H60O3Si2/c1-22(2)34(23(3)4,24(5)6)32-21-16-14-15-19-29(30-28(13)18-17-20-31-30)33-35(25(7)8,26(9)10)27(11)12/h14-15,17-18,22-30H,16,19-21H2,1-13H3/b15-14-/t28-,29-,30-/m1/s1. The zero-order valence-corrected chi connectivity index (χ0v) is 27.6. The van der Waals surface area contributed by atoms with E-state index in [1.807, 2.05) is 0 Å². The van der Waals surface area contributed by atoms with Crippen molar-refractivity contribution in [2.75, 3.05) is 13.2 Å². The Morgan fingerprint density at radius 3 is 1.69 bits per heavy atom. The summed E-state index contributed by atoms with van der Waals surface area (Å²) in [5.74, 6) is 0.374. The maximum Gasteiger partial charge on any atom is 0.200 e. The Labute approximate surface area is 221 Å². The van der Waals surface area contributed by atoms with Gasteiger partial charge in [0.1, 0.15) is 0 Å². The summed E-state index contributed by atoms with van der Waals surface area (Å²) in [6.07, 6.45) is 11.2. The molecule has 3 atom stereocenters. The van der Waals surface area contributed by atoms with E-state index in [1.165, 1.54) is 0 Å². The first kappa shape index (κ1) is 32.8. The fraction of sp³-hybridized carbons (Fsp3) is 0.867. The molecule has 0 N–H and O–H groups in total. The van der Waals surface area contributed by atoms with E-state index in [2.05, 4.69) is 114 Å². The van der Waals surface area contributed by atoms with Crippen LogP contribution >= 0.6 is 0 Å². The molecule has 0 unspecified atom stereocenters. The summed E-state index contributed by atoms with van der Waals surface area (Å²) >= 11 is 0. The van der Waals surface area contributed by atoms with Crippen molar-refractivity contribution in [3.05, 3.63) is 24.3 Å². The van der Waals surface area contributed by atoms with Crippen molar-refractivity contribution in [2.24, 2.45) is 5.92 Å². The van der Waals surface area contributed by atoms with E-state index < -0.39 is 16.6 Å². The molecule has 35 heavy (non-hydrogen) atoms. The Morgan fingerprint density at radius 1 is 0.771 bits per heavy atom. The second-order valence-electron chi connectivity index (χ2n) is 12.7. The summed E-state index contributed by atoms with van der Waals surface area (Å²) in [5, 5.41) is 0. The van der Waals surface area contributed by atoms with E-state index in [9.17, 15) is 0 Å². The summed E-state index contributed by atoms with van der Waals surface area (Å²) < 4.78 is 20.3. The van der Waals surface area contributed by atoms with Crippen molar-refractivity contribution in [3.8, 4) is 0 Å². The van der Waals surface area contributed by atoms with Gasteiger partial charge in [0, 0.05) is 12.5 Å². The molecular formula is C30H60O3Si2.